The van der Waals surface area contributed by atoms with Crippen molar-refractivity contribution in [3.8, 4) is 34.3 Å². The number of ether oxygens (including phenoxy) is 4. The Morgan fingerprint density at radius 3 is 2.36 bits per heavy atom. The average Bonchev–Trinajstić information content (AvgIpc) is 3.22. The molecule has 0 aliphatic heterocycles. The maximum atomic E-state index is 12.9. The highest BCUT2D eigenvalue weighted by Crippen LogP contribution is 2.41. The molecule has 0 saturated carbocycles. The zero-order chi connectivity index (χ0) is 23.4. The molecular formula is C26H24O7. The predicted octanol–water partition coefficient (Wildman–Crippen LogP) is 5.58. The van der Waals surface area contributed by atoms with Crippen LogP contribution in [0.15, 0.2) is 65.1 Å². The van der Waals surface area contributed by atoms with E-state index in [2.05, 4.69) is 0 Å². The Hall–Kier alpha value is -3.97. The monoisotopic (exact) mass is 448 g/mol. The number of aliphatic hydroxyl groups is 1. The number of hydrogen-bond donors (Lipinski definition) is 1. The van der Waals surface area contributed by atoms with Crippen LogP contribution < -0.4 is 14.2 Å². The van der Waals surface area contributed by atoms with Gasteiger partial charge in [0.2, 0.25) is 0 Å². The van der Waals surface area contributed by atoms with Crippen molar-refractivity contribution in [2.45, 2.75) is 13.5 Å². The minimum absolute atomic E-state index is 0.209. The summed E-state index contributed by atoms with van der Waals surface area (Å²) >= 11 is 0. The number of fused-ring (bicyclic) bond motifs is 1. The molecule has 4 rings (SSSR count). The molecule has 0 unspecified atom stereocenters. The Kier molecular flexibility index (Phi) is 6.51. The summed E-state index contributed by atoms with van der Waals surface area (Å²) in [5.74, 6) is 1.92. The van der Waals surface area contributed by atoms with Gasteiger partial charge in [0.15, 0.2) is 11.5 Å². The summed E-state index contributed by atoms with van der Waals surface area (Å²) in [6.45, 7) is 1.70. The molecular weight excluding hydrogens is 424 g/mol. The van der Waals surface area contributed by atoms with Crippen molar-refractivity contribution in [1.82, 2.24) is 0 Å². The fourth-order valence-corrected chi connectivity index (χ4v) is 3.60. The summed E-state index contributed by atoms with van der Waals surface area (Å²) in [7, 11) is 3.05. The van der Waals surface area contributed by atoms with Gasteiger partial charge in [-0.05, 0) is 43.3 Å². The van der Waals surface area contributed by atoms with Crippen LogP contribution in [0.5, 0.6) is 23.0 Å². The highest BCUT2D eigenvalue weighted by Gasteiger charge is 2.25. The van der Waals surface area contributed by atoms with Gasteiger partial charge in [0.05, 0.1) is 27.4 Å². The zero-order valence-corrected chi connectivity index (χ0v) is 18.6. The van der Waals surface area contributed by atoms with Crippen LogP contribution in [0.1, 0.15) is 22.8 Å². The lowest BCUT2D eigenvalue weighted by molar-refractivity contribution is 0.0528. The number of carbonyl (C=O) groups excluding carboxylic acids is 1. The van der Waals surface area contributed by atoms with Crippen molar-refractivity contribution in [1.29, 1.82) is 0 Å². The normalized spacial score (nSPS) is 10.8. The van der Waals surface area contributed by atoms with Gasteiger partial charge in [0.25, 0.3) is 0 Å². The molecule has 170 valence electrons. The van der Waals surface area contributed by atoms with E-state index in [0.717, 1.165) is 0 Å². The zero-order valence-electron chi connectivity index (χ0n) is 18.6. The number of aliphatic hydroxyl groups excluding tert-OH is 1. The maximum absolute atomic E-state index is 12.9. The van der Waals surface area contributed by atoms with Crippen molar-refractivity contribution >= 4 is 16.9 Å². The third kappa shape index (κ3) is 4.36. The van der Waals surface area contributed by atoms with Crippen molar-refractivity contribution in [3.05, 3.63) is 71.8 Å². The molecule has 0 saturated heterocycles. The first-order chi connectivity index (χ1) is 16.1. The first-order valence-electron chi connectivity index (χ1n) is 10.4. The van der Waals surface area contributed by atoms with E-state index in [9.17, 15) is 9.90 Å². The highest BCUT2D eigenvalue weighted by atomic mass is 16.5. The average molecular weight is 448 g/mol. The number of para-hydroxylation sites is 1. The maximum Gasteiger partial charge on any atom is 0.342 e. The Labute approximate surface area is 191 Å². The van der Waals surface area contributed by atoms with Crippen LogP contribution >= 0.6 is 0 Å². The smallest absolute Gasteiger partial charge is 0.342 e. The molecule has 33 heavy (non-hydrogen) atoms. The van der Waals surface area contributed by atoms with Gasteiger partial charge in [-0.3, -0.25) is 0 Å². The molecule has 0 radical (unpaired) electrons. The highest BCUT2D eigenvalue weighted by molar-refractivity contribution is 6.09. The summed E-state index contributed by atoms with van der Waals surface area (Å²) in [5.41, 5.74) is 1.84. The van der Waals surface area contributed by atoms with Gasteiger partial charge in [0.1, 0.15) is 28.4 Å². The van der Waals surface area contributed by atoms with E-state index in [1.54, 1.807) is 44.4 Å². The Morgan fingerprint density at radius 2 is 1.70 bits per heavy atom. The molecule has 7 nitrogen and oxygen atoms in total. The lowest BCUT2D eigenvalue weighted by Gasteiger charge is -2.12. The van der Waals surface area contributed by atoms with Crippen LogP contribution in [0.3, 0.4) is 0 Å². The number of rotatable bonds is 8. The van der Waals surface area contributed by atoms with E-state index < -0.39 is 5.97 Å². The summed E-state index contributed by atoms with van der Waals surface area (Å²) < 4.78 is 28.2. The molecule has 3 aromatic carbocycles. The Bertz CT molecular complexity index is 1280. The number of esters is 1. The SMILES string of the molecule is CCOC(=O)c1c(-c2ccc(Oc3ccccc3)c(OC)c2)oc2cc(OC)c(CO)cc12. The van der Waals surface area contributed by atoms with Crippen molar-refractivity contribution in [2.24, 2.45) is 0 Å². The van der Waals surface area contributed by atoms with Crippen molar-refractivity contribution < 1.29 is 33.3 Å². The lowest BCUT2D eigenvalue weighted by atomic mass is 10.0. The summed E-state index contributed by atoms with van der Waals surface area (Å²) in [5, 5.41) is 10.3. The Morgan fingerprint density at radius 1 is 0.939 bits per heavy atom. The molecule has 0 fully saturated rings. The third-order valence-corrected chi connectivity index (χ3v) is 5.14. The van der Waals surface area contributed by atoms with Crippen LogP contribution in [0.25, 0.3) is 22.3 Å². The van der Waals surface area contributed by atoms with Crippen molar-refractivity contribution in [3.63, 3.8) is 0 Å². The molecule has 0 atom stereocenters. The van der Waals surface area contributed by atoms with Crippen LogP contribution in [-0.4, -0.2) is 31.9 Å². The molecule has 0 bridgehead atoms. The van der Waals surface area contributed by atoms with Gasteiger partial charge >= 0.3 is 5.97 Å². The van der Waals surface area contributed by atoms with Crippen LogP contribution in [0.4, 0.5) is 0 Å². The minimum atomic E-state index is -0.524. The molecule has 0 aliphatic rings. The molecule has 7 heteroatoms. The van der Waals surface area contributed by atoms with E-state index in [-0.39, 0.29) is 18.8 Å². The standard InChI is InChI=1S/C26H24O7/c1-4-31-26(28)24-19-12-17(15-27)21(29-2)14-22(19)33-25(24)16-10-11-20(23(13-16)30-3)32-18-8-6-5-7-9-18/h5-14,27H,4,15H2,1-3H3. The number of furan rings is 1. The summed E-state index contributed by atoms with van der Waals surface area (Å²) in [6, 6.07) is 18.0. The fraction of sp³-hybridized carbons (Fsp3) is 0.192. The fourth-order valence-electron chi connectivity index (χ4n) is 3.60. The van der Waals surface area contributed by atoms with Crippen LogP contribution in [0.2, 0.25) is 0 Å². The van der Waals surface area contributed by atoms with Crippen LogP contribution in [0, 0.1) is 0 Å². The molecule has 0 aliphatic carbocycles. The first kappa shape index (κ1) is 22.2. The number of benzene rings is 3. The van der Waals surface area contributed by atoms with Crippen LogP contribution in [-0.2, 0) is 11.3 Å². The number of methoxy groups -OCH3 is 2. The second-order valence-corrected chi connectivity index (χ2v) is 7.13. The van der Waals surface area contributed by atoms with Gasteiger partial charge < -0.3 is 28.5 Å². The molecule has 1 N–H and O–H groups in total. The van der Waals surface area contributed by atoms with Crippen molar-refractivity contribution in [2.75, 3.05) is 20.8 Å². The topological polar surface area (TPSA) is 87.4 Å². The van der Waals surface area contributed by atoms with E-state index >= 15 is 0 Å². The van der Waals surface area contributed by atoms with Gasteiger partial charge in [-0.1, -0.05) is 18.2 Å². The molecule has 1 aromatic heterocycles. The number of hydrogen-bond acceptors (Lipinski definition) is 7. The minimum Gasteiger partial charge on any atom is -0.496 e. The van der Waals surface area contributed by atoms with E-state index in [1.165, 1.54) is 7.11 Å². The van der Waals surface area contributed by atoms with Gasteiger partial charge in [-0.15, -0.1) is 0 Å². The quantitative estimate of drug-likeness (QED) is 0.352. The second-order valence-electron chi connectivity index (χ2n) is 7.13. The van der Waals surface area contributed by atoms with Gasteiger partial charge in [-0.25, -0.2) is 4.79 Å². The summed E-state index contributed by atoms with van der Waals surface area (Å²) in [6.07, 6.45) is 0. The predicted molar refractivity (Wildman–Crippen MR) is 123 cm³/mol. The van der Waals surface area contributed by atoms with Gasteiger partial charge in [0, 0.05) is 22.6 Å². The number of carbonyl (C=O) groups is 1. The second kappa shape index (κ2) is 9.67. The Balaban J connectivity index is 1.85. The molecule has 4 aromatic rings. The van der Waals surface area contributed by atoms with Gasteiger partial charge in [-0.2, -0.15) is 0 Å². The largest absolute Gasteiger partial charge is 0.496 e. The van der Waals surface area contributed by atoms with E-state index in [1.807, 2.05) is 30.3 Å². The third-order valence-electron chi connectivity index (χ3n) is 5.14. The van der Waals surface area contributed by atoms with E-state index in [0.29, 0.717) is 50.9 Å². The lowest BCUT2D eigenvalue weighted by Crippen LogP contribution is -2.05. The summed E-state index contributed by atoms with van der Waals surface area (Å²) in [4.78, 5) is 12.9. The molecule has 1 heterocycles. The van der Waals surface area contributed by atoms with E-state index in [4.69, 9.17) is 23.4 Å². The molecule has 0 amide bonds. The molecule has 0 spiro atoms. The first-order valence-corrected chi connectivity index (χ1v) is 10.4.